The molecule has 124 valence electrons. The first-order valence-electron chi connectivity index (χ1n) is 8.57. The van der Waals surface area contributed by atoms with Gasteiger partial charge in [-0.25, -0.2) is 0 Å². The highest BCUT2D eigenvalue weighted by Gasteiger charge is 2.23. The SMILES string of the molecule is CC(=O)N1CCc2ccc(C(=O)NCCCN3CCCC3)cc21. The van der Waals surface area contributed by atoms with Gasteiger partial charge in [0.25, 0.3) is 5.91 Å². The van der Waals surface area contributed by atoms with Crippen LogP contribution < -0.4 is 10.2 Å². The molecule has 2 aliphatic rings. The maximum Gasteiger partial charge on any atom is 0.251 e. The summed E-state index contributed by atoms with van der Waals surface area (Å²) in [4.78, 5) is 28.1. The van der Waals surface area contributed by atoms with Crippen LogP contribution in [0.3, 0.4) is 0 Å². The van der Waals surface area contributed by atoms with Gasteiger partial charge < -0.3 is 15.1 Å². The maximum absolute atomic E-state index is 12.3. The van der Waals surface area contributed by atoms with Crippen LogP contribution in [-0.4, -0.2) is 49.4 Å². The van der Waals surface area contributed by atoms with E-state index in [9.17, 15) is 9.59 Å². The van der Waals surface area contributed by atoms with E-state index in [2.05, 4.69) is 10.2 Å². The number of carbonyl (C=O) groups excluding carboxylic acids is 2. The number of likely N-dealkylation sites (tertiary alicyclic amines) is 1. The monoisotopic (exact) mass is 315 g/mol. The number of nitrogens with one attached hydrogen (secondary N) is 1. The number of hydrogen-bond acceptors (Lipinski definition) is 3. The van der Waals surface area contributed by atoms with Gasteiger partial charge in [0.05, 0.1) is 0 Å². The molecule has 0 aliphatic carbocycles. The first kappa shape index (κ1) is 16.0. The molecule has 1 aromatic rings. The minimum atomic E-state index is -0.0513. The zero-order valence-corrected chi connectivity index (χ0v) is 13.8. The van der Waals surface area contributed by atoms with Gasteiger partial charge in [-0.2, -0.15) is 0 Å². The van der Waals surface area contributed by atoms with Crippen LogP contribution in [-0.2, 0) is 11.2 Å². The Labute approximate surface area is 137 Å². The number of carbonyl (C=O) groups is 2. The van der Waals surface area contributed by atoms with Gasteiger partial charge >= 0.3 is 0 Å². The number of anilines is 1. The molecule has 3 rings (SSSR count). The van der Waals surface area contributed by atoms with Crippen LogP contribution in [0.25, 0.3) is 0 Å². The summed E-state index contributed by atoms with van der Waals surface area (Å²) in [5.74, 6) is -0.0171. The summed E-state index contributed by atoms with van der Waals surface area (Å²) >= 11 is 0. The number of amides is 2. The number of hydrogen-bond donors (Lipinski definition) is 1. The largest absolute Gasteiger partial charge is 0.352 e. The van der Waals surface area contributed by atoms with Crippen LogP contribution >= 0.6 is 0 Å². The second-order valence-electron chi connectivity index (χ2n) is 6.42. The molecule has 1 N–H and O–H groups in total. The van der Waals surface area contributed by atoms with Crippen molar-refractivity contribution in [3.05, 3.63) is 29.3 Å². The molecule has 1 aromatic carbocycles. The number of benzene rings is 1. The summed E-state index contributed by atoms with van der Waals surface area (Å²) in [7, 11) is 0. The summed E-state index contributed by atoms with van der Waals surface area (Å²) in [6.45, 7) is 6.43. The van der Waals surface area contributed by atoms with Crippen molar-refractivity contribution in [2.75, 3.05) is 37.6 Å². The minimum Gasteiger partial charge on any atom is -0.352 e. The fraction of sp³-hybridized carbons (Fsp3) is 0.556. The van der Waals surface area contributed by atoms with E-state index in [1.165, 1.54) is 25.9 Å². The molecule has 2 aliphatic heterocycles. The minimum absolute atomic E-state index is 0.0342. The topological polar surface area (TPSA) is 52.7 Å². The van der Waals surface area contributed by atoms with Gasteiger partial charge in [-0.05, 0) is 63.0 Å². The lowest BCUT2D eigenvalue weighted by Gasteiger charge is -2.16. The van der Waals surface area contributed by atoms with Crippen LogP contribution in [0.2, 0.25) is 0 Å². The van der Waals surface area contributed by atoms with Gasteiger partial charge in [-0.3, -0.25) is 9.59 Å². The van der Waals surface area contributed by atoms with Gasteiger partial charge in [0.1, 0.15) is 0 Å². The van der Waals surface area contributed by atoms with Gasteiger partial charge in [0.2, 0.25) is 5.91 Å². The zero-order valence-electron chi connectivity index (χ0n) is 13.8. The normalized spacial score (nSPS) is 17.3. The summed E-state index contributed by atoms with van der Waals surface area (Å²) in [6, 6.07) is 5.68. The smallest absolute Gasteiger partial charge is 0.251 e. The van der Waals surface area contributed by atoms with Gasteiger partial charge in [0, 0.05) is 31.3 Å². The molecule has 5 nitrogen and oxygen atoms in total. The summed E-state index contributed by atoms with van der Waals surface area (Å²) < 4.78 is 0. The summed E-state index contributed by atoms with van der Waals surface area (Å²) in [6.07, 6.45) is 4.45. The Balaban J connectivity index is 1.53. The first-order chi connectivity index (χ1) is 11.1. The van der Waals surface area contributed by atoms with Gasteiger partial charge in [0.15, 0.2) is 0 Å². The average molecular weight is 315 g/mol. The summed E-state index contributed by atoms with van der Waals surface area (Å²) in [5, 5.41) is 2.99. The fourth-order valence-corrected chi connectivity index (χ4v) is 3.46. The third-order valence-electron chi connectivity index (χ3n) is 4.76. The Bertz CT molecular complexity index is 594. The molecule has 0 unspecified atom stereocenters. The van der Waals surface area contributed by atoms with Crippen molar-refractivity contribution in [3.8, 4) is 0 Å². The first-order valence-corrected chi connectivity index (χ1v) is 8.57. The van der Waals surface area contributed by atoms with E-state index in [4.69, 9.17) is 0 Å². The second kappa shape index (κ2) is 7.13. The zero-order chi connectivity index (χ0) is 16.2. The number of rotatable bonds is 5. The third kappa shape index (κ3) is 3.72. The fourth-order valence-electron chi connectivity index (χ4n) is 3.46. The van der Waals surface area contributed by atoms with E-state index in [0.717, 1.165) is 30.6 Å². The number of nitrogens with zero attached hydrogens (tertiary/aromatic N) is 2. The standard InChI is InChI=1S/C18H25N3O2/c1-14(22)21-12-7-15-5-6-16(13-17(15)21)18(23)19-8-4-11-20-9-2-3-10-20/h5-6,13H,2-4,7-12H2,1H3,(H,19,23). The maximum atomic E-state index is 12.3. The van der Waals surface area contributed by atoms with Gasteiger partial charge in [-0.15, -0.1) is 0 Å². The lowest BCUT2D eigenvalue weighted by atomic mass is 10.1. The third-order valence-corrected chi connectivity index (χ3v) is 4.76. The number of fused-ring (bicyclic) bond motifs is 1. The Morgan fingerprint density at radius 1 is 1.17 bits per heavy atom. The van der Waals surface area contributed by atoms with Crippen molar-refractivity contribution in [1.82, 2.24) is 10.2 Å². The molecule has 2 amide bonds. The van der Waals surface area contributed by atoms with E-state index in [1.54, 1.807) is 11.8 Å². The van der Waals surface area contributed by atoms with E-state index >= 15 is 0 Å². The second-order valence-corrected chi connectivity index (χ2v) is 6.42. The van der Waals surface area contributed by atoms with E-state index in [1.807, 2.05) is 18.2 Å². The average Bonchev–Trinajstić information content (AvgIpc) is 3.19. The lowest BCUT2D eigenvalue weighted by molar-refractivity contribution is -0.116. The van der Waals surface area contributed by atoms with Crippen molar-refractivity contribution < 1.29 is 9.59 Å². The molecule has 0 atom stereocenters. The van der Waals surface area contributed by atoms with Crippen LogP contribution in [0.15, 0.2) is 18.2 Å². The predicted octanol–water partition coefficient (Wildman–Crippen LogP) is 1.81. The molecule has 0 aromatic heterocycles. The highest BCUT2D eigenvalue weighted by Crippen LogP contribution is 2.29. The molecule has 1 fully saturated rings. The Kier molecular flexibility index (Phi) is 4.96. The highest BCUT2D eigenvalue weighted by atomic mass is 16.2. The van der Waals surface area contributed by atoms with Crippen molar-refractivity contribution in [2.24, 2.45) is 0 Å². The predicted molar refractivity (Wildman–Crippen MR) is 90.8 cm³/mol. The molecule has 0 bridgehead atoms. The molecule has 23 heavy (non-hydrogen) atoms. The van der Waals surface area contributed by atoms with Crippen molar-refractivity contribution in [3.63, 3.8) is 0 Å². The van der Waals surface area contributed by atoms with Crippen molar-refractivity contribution in [1.29, 1.82) is 0 Å². The molecule has 2 heterocycles. The van der Waals surface area contributed by atoms with E-state index in [-0.39, 0.29) is 11.8 Å². The quantitative estimate of drug-likeness (QED) is 0.843. The molecule has 0 radical (unpaired) electrons. The van der Waals surface area contributed by atoms with E-state index in [0.29, 0.717) is 18.7 Å². The Morgan fingerprint density at radius 2 is 1.96 bits per heavy atom. The van der Waals surface area contributed by atoms with Crippen LogP contribution in [0.5, 0.6) is 0 Å². The summed E-state index contributed by atoms with van der Waals surface area (Å²) in [5.41, 5.74) is 2.67. The van der Waals surface area contributed by atoms with Crippen molar-refractivity contribution in [2.45, 2.75) is 32.6 Å². The molecular weight excluding hydrogens is 290 g/mol. The highest BCUT2D eigenvalue weighted by molar-refractivity contribution is 5.99. The molecule has 5 heteroatoms. The van der Waals surface area contributed by atoms with Crippen LogP contribution in [0.1, 0.15) is 42.1 Å². The van der Waals surface area contributed by atoms with Gasteiger partial charge in [-0.1, -0.05) is 6.07 Å². The van der Waals surface area contributed by atoms with Crippen LogP contribution in [0.4, 0.5) is 5.69 Å². The molecule has 0 spiro atoms. The van der Waals surface area contributed by atoms with E-state index < -0.39 is 0 Å². The molecule has 1 saturated heterocycles. The van der Waals surface area contributed by atoms with Crippen LogP contribution in [0, 0.1) is 0 Å². The lowest BCUT2D eigenvalue weighted by Crippen LogP contribution is -2.29. The van der Waals surface area contributed by atoms with Crippen molar-refractivity contribution >= 4 is 17.5 Å². The Hall–Kier alpha value is -1.88. The Morgan fingerprint density at radius 3 is 2.70 bits per heavy atom. The molecular formula is C18H25N3O2. The molecule has 0 saturated carbocycles.